The van der Waals surface area contributed by atoms with Gasteiger partial charge in [0.1, 0.15) is 17.2 Å². The monoisotopic (exact) mass is 369 g/mol. The molecule has 4 heterocycles. The number of aryl methyl sites for hydroxylation is 2. The summed E-state index contributed by atoms with van der Waals surface area (Å²) in [6.07, 6.45) is 6.39. The summed E-state index contributed by atoms with van der Waals surface area (Å²) in [6.45, 7) is 4.18. The zero-order valence-corrected chi connectivity index (χ0v) is 16.1. The van der Waals surface area contributed by atoms with Crippen molar-refractivity contribution >= 4 is 5.91 Å². The van der Waals surface area contributed by atoms with Crippen molar-refractivity contribution in [3.8, 4) is 0 Å². The van der Waals surface area contributed by atoms with Crippen molar-refractivity contribution in [1.29, 1.82) is 0 Å². The van der Waals surface area contributed by atoms with Crippen molar-refractivity contribution in [1.82, 2.24) is 24.2 Å². The number of carbonyl (C=O) groups excluding carboxylic acids is 1. The number of likely N-dealkylation sites (tertiary alicyclic amines) is 1. The molecule has 2 aliphatic rings. The number of fused-ring (bicyclic) bond motifs is 1. The van der Waals surface area contributed by atoms with Crippen molar-refractivity contribution in [2.45, 2.75) is 57.9 Å². The summed E-state index contributed by atoms with van der Waals surface area (Å²) < 4.78 is 3.84. The minimum atomic E-state index is -0.218. The van der Waals surface area contributed by atoms with Gasteiger partial charge in [-0.05, 0) is 44.7 Å². The van der Waals surface area contributed by atoms with Gasteiger partial charge in [-0.1, -0.05) is 6.42 Å². The lowest BCUT2D eigenvalue weighted by molar-refractivity contribution is 0.0707. The minimum Gasteiger partial charge on any atom is -0.338 e. The molecule has 2 aromatic heterocycles. The first-order valence-electron chi connectivity index (χ1n) is 9.94. The van der Waals surface area contributed by atoms with E-state index >= 15 is 0 Å². The average molecular weight is 369 g/mol. The molecule has 0 bridgehead atoms. The smallest absolute Gasteiger partial charge is 0.263 e. The zero-order valence-electron chi connectivity index (χ0n) is 16.1. The van der Waals surface area contributed by atoms with Crippen molar-refractivity contribution < 1.29 is 4.79 Å². The van der Waals surface area contributed by atoms with E-state index in [1.54, 1.807) is 13.1 Å². The number of amides is 1. The highest BCUT2D eigenvalue weighted by Gasteiger charge is 2.29. The SMILES string of the molecule is Cc1ccc(C(=O)N2CCC(c3nnc4n3CCCCC4)CC2)c(=O)n1C. The van der Waals surface area contributed by atoms with E-state index in [1.165, 1.54) is 23.8 Å². The molecular formula is C20H27N5O2. The zero-order chi connectivity index (χ0) is 19.0. The van der Waals surface area contributed by atoms with Crippen LogP contribution in [0.3, 0.4) is 0 Å². The van der Waals surface area contributed by atoms with Gasteiger partial charge in [-0.2, -0.15) is 0 Å². The van der Waals surface area contributed by atoms with Crippen LogP contribution in [0.25, 0.3) is 0 Å². The topological polar surface area (TPSA) is 73.0 Å². The molecule has 1 saturated heterocycles. The van der Waals surface area contributed by atoms with Crippen LogP contribution in [0.1, 0.15) is 65.7 Å². The quantitative estimate of drug-likeness (QED) is 0.812. The van der Waals surface area contributed by atoms with Gasteiger partial charge in [0.2, 0.25) is 0 Å². The fourth-order valence-electron chi connectivity index (χ4n) is 4.21. The molecule has 0 radical (unpaired) electrons. The van der Waals surface area contributed by atoms with Crippen LogP contribution in [0, 0.1) is 6.92 Å². The van der Waals surface area contributed by atoms with Crippen LogP contribution in [-0.2, 0) is 20.0 Å². The molecule has 7 heteroatoms. The Morgan fingerprint density at radius 3 is 2.63 bits per heavy atom. The molecule has 4 rings (SSSR count). The van der Waals surface area contributed by atoms with E-state index < -0.39 is 0 Å². The predicted octanol–water partition coefficient (Wildman–Crippen LogP) is 2.03. The van der Waals surface area contributed by atoms with E-state index in [2.05, 4.69) is 14.8 Å². The Labute approximate surface area is 159 Å². The number of rotatable bonds is 2. The van der Waals surface area contributed by atoms with E-state index in [4.69, 9.17) is 0 Å². The van der Waals surface area contributed by atoms with Gasteiger partial charge in [-0.15, -0.1) is 10.2 Å². The van der Waals surface area contributed by atoms with Crippen LogP contribution in [0.2, 0.25) is 0 Å². The largest absolute Gasteiger partial charge is 0.338 e. The van der Waals surface area contributed by atoms with Crippen molar-refractivity contribution in [2.24, 2.45) is 7.05 Å². The molecular weight excluding hydrogens is 342 g/mol. The highest BCUT2D eigenvalue weighted by atomic mass is 16.2. The molecule has 2 aliphatic heterocycles. The molecule has 1 fully saturated rings. The van der Waals surface area contributed by atoms with Crippen molar-refractivity contribution in [3.05, 3.63) is 45.4 Å². The Morgan fingerprint density at radius 2 is 1.85 bits per heavy atom. The number of nitrogens with zero attached hydrogens (tertiary/aromatic N) is 5. The van der Waals surface area contributed by atoms with Crippen LogP contribution in [0.5, 0.6) is 0 Å². The van der Waals surface area contributed by atoms with Crippen molar-refractivity contribution in [3.63, 3.8) is 0 Å². The van der Waals surface area contributed by atoms with Crippen LogP contribution < -0.4 is 5.56 Å². The first-order chi connectivity index (χ1) is 13.1. The third-order valence-corrected chi connectivity index (χ3v) is 6.07. The summed E-state index contributed by atoms with van der Waals surface area (Å²) in [4.78, 5) is 27.1. The third kappa shape index (κ3) is 3.31. The average Bonchev–Trinajstić information content (AvgIpc) is 2.94. The summed E-state index contributed by atoms with van der Waals surface area (Å²) in [6, 6.07) is 3.48. The Balaban J connectivity index is 1.47. The fraction of sp³-hybridized carbons (Fsp3) is 0.600. The fourth-order valence-corrected chi connectivity index (χ4v) is 4.21. The van der Waals surface area contributed by atoms with Crippen molar-refractivity contribution in [2.75, 3.05) is 13.1 Å². The molecule has 2 aromatic rings. The lowest BCUT2D eigenvalue weighted by Gasteiger charge is -2.31. The van der Waals surface area contributed by atoms with Crippen LogP contribution in [0.15, 0.2) is 16.9 Å². The van der Waals surface area contributed by atoms with E-state index in [0.29, 0.717) is 19.0 Å². The number of piperidine rings is 1. The Hall–Kier alpha value is -2.44. The Morgan fingerprint density at radius 1 is 1.07 bits per heavy atom. The van der Waals surface area contributed by atoms with Gasteiger partial charge in [-0.3, -0.25) is 9.59 Å². The van der Waals surface area contributed by atoms with Gasteiger partial charge in [0.15, 0.2) is 0 Å². The standard InChI is InChI=1S/C20H27N5O2/c1-14-7-8-16(19(26)23(14)2)20(27)24-12-9-15(10-13-24)18-22-21-17-6-4-3-5-11-25(17)18/h7-8,15H,3-6,9-13H2,1-2H3. The second-order valence-corrected chi connectivity index (χ2v) is 7.76. The number of aromatic nitrogens is 4. The number of hydrogen-bond donors (Lipinski definition) is 0. The molecule has 27 heavy (non-hydrogen) atoms. The molecule has 0 atom stereocenters. The predicted molar refractivity (Wildman–Crippen MR) is 102 cm³/mol. The summed E-state index contributed by atoms with van der Waals surface area (Å²) in [5, 5.41) is 8.89. The van der Waals surface area contributed by atoms with E-state index in [0.717, 1.165) is 43.1 Å². The minimum absolute atomic E-state index is 0.158. The molecule has 1 amide bonds. The lowest BCUT2D eigenvalue weighted by atomic mass is 9.95. The maximum Gasteiger partial charge on any atom is 0.263 e. The van der Waals surface area contributed by atoms with Gasteiger partial charge in [0.05, 0.1) is 0 Å². The second kappa shape index (κ2) is 7.29. The lowest BCUT2D eigenvalue weighted by Crippen LogP contribution is -2.41. The number of carbonyl (C=O) groups is 1. The maximum absolute atomic E-state index is 12.8. The van der Waals surface area contributed by atoms with Gasteiger partial charge in [-0.25, -0.2) is 0 Å². The Bertz CT molecular complexity index is 906. The molecule has 0 saturated carbocycles. The maximum atomic E-state index is 12.8. The first kappa shape index (κ1) is 17.9. The molecule has 0 aliphatic carbocycles. The van der Waals surface area contributed by atoms with Crippen LogP contribution in [-0.4, -0.2) is 43.2 Å². The number of pyridine rings is 1. The Kier molecular flexibility index (Phi) is 4.85. The third-order valence-electron chi connectivity index (χ3n) is 6.07. The van der Waals surface area contributed by atoms with Crippen LogP contribution >= 0.6 is 0 Å². The van der Waals surface area contributed by atoms with Gasteiger partial charge < -0.3 is 14.0 Å². The van der Waals surface area contributed by atoms with Gasteiger partial charge in [0.25, 0.3) is 11.5 Å². The summed E-state index contributed by atoms with van der Waals surface area (Å²) >= 11 is 0. The van der Waals surface area contributed by atoms with E-state index in [-0.39, 0.29) is 17.0 Å². The molecule has 0 unspecified atom stereocenters. The highest BCUT2D eigenvalue weighted by molar-refractivity contribution is 5.94. The van der Waals surface area contributed by atoms with Gasteiger partial charge in [0, 0.05) is 44.7 Å². The van der Waals surface area contributed by atoms with E-state index in [9.17, 15) is 9.59 Å². The summed E-state index contributed by atoms with van der Waals surface area (Å²) in [5.74, 6) is 2.39. The van der Waals surface area contributed by atoms with Crippen LogP contribution in [0.4, 0.5) is 0 Å². The molecule has 144 valence electrons. The number of hydrogen-bond acceptors (Lipinski definition) is 4. The van der Waals surface area contributed by atoms with Gasteiger partial charge >= 0.3 is 0 Å². The molecule has 0 spiro atoms. The molecule has 7 nitrogen and oxygen atoms in total. The normalized spacial score (nSPS) is 18.2. The summed E-state index contributed by atoms with van der Waals surface area (Å²) in [5.41, 5.74) is 0.894. The summed E-state index contributed by atoms with van der Waals surface area (Å²) in [7, 11) is 1.71. The second-order valence-electron chi connectivity index (χ2n) is 7.76. The molecule has 0 N–H and O–H groups in total. The first-order valence-corrected chi connectivity index (χ1v) is 9.94. The molecule has 0 aromatic carbocycles. The van der Waals surface area contributed by atoms with E-state index in [1.807, 2.05) is 17.9 Å². The highest BCUT2D eigenvalue weighted by Crippen LogP contribution is 2.29.